The molecule has 6 heteroatoms. The van der Waals surface area contributed by atoms with Gasteiger partial charge in [0, 0.05) is 31.1 Å². The molecule has 2 heterocycles. The van der Waals surface area contributed by atoms with Gasteiger partial charge in [-0.3, -0.25) is 4.79 Å². The van der Waals surface area contributed by atoms with Gasteiger partial charge in [-0.05, 0) is 17.6 Å². The van der Waals surface area contributed by atoms with E-state index in [1.165, 1.54) is 11.5 Å². The zero-order chi connectivity index (χ0) is 14.7. The molecule has 0 radical (unpaired) electrons. The lowest BCUT2D eigenvalue weighted by atomic mass is 10.1. The fourth-order valence-electron chi connectivity index (χ4n) is 2.37. The molecule has 3 N–H and O–H groups in total. The summed E-state index contributed by atoms with van der Waals surface area (Å²) in [6.07, 6.45) is -0.383. The van der Waals surface area contributed by atoms with Crippen molar-refractivity contribution in [2.75, 3.05) is 19.6 Å². The molecule has 3 rings (SSSR count). The normalized spacial score (nSPS) is 21.4. The number of carbonyl (C=O) groups excluding carboxylic acids is 1. The third-order valence-corrected chi connectivity index (χ3v) is 4.42. The first-order valence-electron chi connectivity index (χ1n) is 6.93. The molecule has 1 amide bonds. The predicted molar refractivity (Wildman–Crippen MR) is 82.2 cm³/mol. The monoisotopic (exact) mass is 303 g/mol. The molecule has 0 saturated carbocycles. The van der Waals surface area contributed by atoms with E-state index in [2.05, 4.69) is 15.0 Å². The van der Waals surface area contributed by atoms with E-state index in [0.29, 0.717) is 18.0 Å². The highest BCUT2D eigenvalue weighted by Gasteiger charge is 2.25. The smallest absolute Gasteiger partial charge is 0.263 e. The van der Waals surface area contributed by atoms with Crippen LogP contribution in [0.2, 0.25) is 0 Å². The van der Waals surface area contributed by atoms with Gasteiger partial charge in [-0.1, -0.05) is 30.3 Å². The van der Waals surface area contributed by atoms with Gasteiger partial charge < -0.3 is 15.7 Å². The lowest BCUT2D eigenvalue weighted by Gasteiger charge is -2.13. The molecule has 21 heavy (non-hydrogen) atoms. The molecular formula is C15H17N3O2S. The van der Waals surface area contributed by atoms with Crippen LogP contribution in [0.15, 0.2) is 36.4 Å². The van der Waals surface area contributed by atoms with Crippen molar-refractivity contribution < 1.29 is 9.90 Å². The van der Waals surface area contributed by atoms with Crippen molar-refractivity contribution in [3.63, 3.8) is 0 Å². The van der Waals surface area contributed by atoms with Gasteiger partial charge >= 0.3 is 0 Å². The number of carbonyl (C=O) groups is 1. The van der Waals surface area contributed by atoms with Crippen LogP contribution in [-0.2, 0) is 0 Å². The summed E-state index contributed by atoms with van der Waals surface area (Å²) in [6, 6.07) is 11.6. The van der Waals surface area contributed by atoms with E-state index in [-0.39, 0.29) is 17.9 Å². The Bertz CT molecular complexity index is 614. The highest BCUT2D eigenvalue weighted by atomic mass is 32.1. The van der Waals surface area contributed by atoms with Gasteiger partial charge in [0.05, 0.1) is 11.8 Å². The Balaban J connectivity index is 1.62. The van der Waals surface area contributed by atoms with Crippen LogP contribution in [-0.4, -0.2) is 41.1 Å². The average molecular weight is 303 g/mol. The lowest BCUT2D eigenvalue weighted by Crippen LogP contribution is -2.34. The number of benzene rings is 1. The minimum atomic E-state index is -0.383. The minimum Gasteiger partial charge on any atom is -0.391 e. The maximum Gasteiger partial charge on any atom is 0.263 e. The highest BCUT2D eigenvalue weighted by Crippen LogP contribution is 2.21. The number of hydrogen-bond acceptors (Lipinski definition) is 5. The minimum absolute atomic E-state index is 0.0791. The quantitative estimate of drug-likeness (QED) is 0.791. The predicted octanol–water partition coefficient (Wildman–Crippen LogP) is 1.12. The number of nitrogens with zero attached hydrogens (tertiary/aromatic N) is 1. The first-order chi connectivity index (χ1) is 10.2. The maximum absolute atomic E-state index is 12.1. The fourth-order valence-corrected chi connectivity index (χ4v) is 3.04. The molecule has 2 unspecified atom stereocenters. The Morgan fingerprint density at radius 2 is 2.19 bits per heavy atom. The number of hydrogen-bond donors (Lipinski definition) is 3. The van der Waals surface area contributed by atoms with Crippen molar-refractivity contribution in [1.29, 1.82) is 0 Å². The molecule has 1 aliphatic heterocycles. The second-order valence-electron chi connectivity index (χ2n) is 5.14. The van der Waals surface area contributed by atoms with Crippen molar-refractivity contribution in [3.05, 3.63) is 41.3 Å². The summed E-state index contributed by atoms with van der Waals surface area (Å²) in [5.41, 5.74) is 1.82. The largest absolute Gasteiger partial charge is 0.391 e. The van der Waals surface area contributed by atoms with E-state index in [1.807, 2.05) is 30.3 Å². The second-order valence-corrected chi connectivity index (χ2v) is 5.94. The molecule has 1 aromatic carbocycles. The number of rotatable bonds is 4. The number of amides is 1. The summed E-state index contributed by atoms with van der Waals surface area (Å²) in [7, 11) is 0. The van der Waals surface area contributed by atoms with Gasteiger partial charge in [0.2, 0.25) is 0 Å². The van der Waals surface area contributed by atoms with Crippen molar-refractivity contribution in [3.8, 4) is 11.3 Å². The molecule has 1 aromatic heterocycles. The third kappa shape index (κ3) is 3.29. The maximum atomic E-state index is 12.1. The summed E-state index contributed by atoms with van der Waals surface area (Å²) in [5, 5.41) is 15.7. The number of β-amino-alcohol motifs (C(OH)–C–C–N with tert-alkyl or cyclic N) is 1. The molecule has 1 fully saturated rings. The van der Waals surface area contributed by atoms with Gasteiger partial charge in [-0.25, -0.2) is 0 Å². The van der Waals surface area contributed by atoms with E-state index >= 15 is 0 Å². The molecule has 0 aliphatic carbocycles. The van der Waals surface area contributed by atoms with Crippen LogP contribution < -0.4 is 10.6 Å². The van der Waals surface area contributed by atoms with Crippen LogP contribution in [0.25, 0.3) is 11.3 Å². The van der Waals surface area contributed by atoms with E-state index in [4.69, 9.17) is 0 Å². The van der Waals surface area contributed by atoms with Crippen LogP contribution in [0.3, 0.4) is 0 Å². The fraction of sp³-hybridized carbons (Fsp3) is 0.333. The average Bonchev–Trinajstić information content (AvgIpc) is 3.15. The second kappa shape index (κ2) is 6.34. The Morgan fingerprint density at radius 3 is 2.90 bits per heavy atom. The van der Waals surface area contributed by atoms with Crippen LogP contribution in [0.5, 0.6) is 0 Å². The van der Waals surface area contributed by atoms with Crippen LogP contribution in [0.4, 0.5) is 0 Å². The topological polar surface area (TPSA) is 74.2 Å². The number of aromatic nitrogens is 1. The Kier molecular flexibility index (Phi) is 4.28. The number of nitrogens with one attached hydrogen (secondary N) is 2. The molecule has 1 saturated heterocycles. The van der Waals surface area contributed by atoms with Crippen LogP contribution in [0.1, 0.15) is 9.67 Å². The molecule has 5 nitrogen and oxygen atoms in total. The van der Waals surface area contributed by atoms with Crippen molar-refractivity contribution in [2.45, 2.75) is 6.10 Å². The Labute approximate surface area is 127 Å². The first-order valence-corrected chi connectivity index (χ1v) is 7.70. The zero-order valence-corrected chi connectivity index (χ0v) is 12.3. The molecule has 1 aliphatic rings. The van der Waals surface area contributed by atoms with E-state index in [1.54, 1.807) is 6.07 Å². The SMILES string of the molecule is O=C(NCC1CNCC1O)c1cc(-c2ccccc2)ns1. The molecule has 0 bridgehead atoms. The Hall–Kier alpha value is -1.76. The molecular weight excluding hydrogens is 286 g/mol. The van der Waals surface area contributed by atoms with Crippen LogP contribution in [0, 0.1) is 5.92 Å². The number of aliphatic hydroxyl groups is 1. The van der Waals surface area contributed by atoms with Gasteiger partial charge in [0.25, 0.3) is 5.91 Å². The zero-order valence-electron chi connectivity index (χ0n) is 11.5. The summed E-state index contributed by atoms with van der Waals surface area (Å²) in [5.74, 6) is -0.0516. The highest BCUT2D eigenvalue weighted by molar-refractivity contribution is 7.08. The third-order valence-electron chi connectivity index (χ3n) is 3.63. The van der Waals surface area contributed by atoms with Gasteiger partial charge in [-0.2, -0.15) is 4.37 Å². The van der Waals surface area contributed by atoms with E-state index < -0.39 is 0 Å². The standard InChI is InChI=1S/C15H17N3O2S/c19-13-9-16-7-11(13)8-17-15(20)14-6-12(18-21-14)10-4-2-1-3-5-10/h1-6,11,13,16,19H,7-9H2,(H,17,20). The van der Waals surface area contributed by atoms with E-state index in [9.17, 15) is 9.90 Å². The summed E-state index contributed by atoms with van der Waals surface area (Å²) in [4.78, 5) is 12.7. The molecule has 2 aromatic rings. The van der Waals surface area contributed by atoms with Crippen molar-refractivity contribution >= 4 is 17.4 Å². The summed E-state index contributed by atoms with van der Waals surface area (Å²) in [6.45, 7) is 1.81. The first kappa shape index (κ1) is 14.2. The van der Waals surface area contributed by atoms with Crippen molar-refractivity contribution in [2.24, 2.45) is 5.92 Å². The van der Waals surface area contributed by atoms with E-state index in [0.717, 1.165) is 17.8 Å². The number of aliphatic hydroxyl groups excluding tert-OH is 1. The summed E-state index contributed by atoms with van der Waals surface area (Å²) < 4.78 is 4.32. The van der Waals surface area contributed by atoms with Crippen molar-refractivity contribution in [1.82, 2.24) is 15.0 Å². The molecule has 110 valence electrons. The lowest BCUT2D eigenvalue weighted by molar-refractivity contribution is 0.0931. The van der Waals surface area contributed by atoms with Crippen LogP contribution >= 0.6 is 11.5 Å². The van der Waals surface area contributed by atoms with Gasteiger partial charge in [0.1, 0.15) is 4.88 Å². The summed E-state index contributed by atoms with van der Waals surface area (Å²) >= 11 is 1.20. The Morgan fingerprint density at radius 1 is 1.38 bits per heavy atom. The van der Waals surface area contributed by atoms with Gasteiger partial charge in [-0.15, -0.1) is 0 Å². The molecule has 2 atom stereocenters. The van der Waals surface area contributed by atoms with Gasteiger partial charge in [0.15, 0.2) is 0 Å². The molecule has 0 spiro atoms.